The monoisotopic (exact) mass is 367 g/mol. The van der Waals surface area contributed by atoms with E-state index in [1.807, 2.05) is 55.5 Å². The molecule has 2 aromatic rings. The van der Waals surface area contributed by atoms with Crippen LogP contribution in [-0.2, 0) is 0 Å². The van der Waals surface area contributed by atoms with Gasteiger partial charge in [0.1, 0.15) is 0 Å². The molecule has 0 aromatic heterocycles. The normalized spacial score (nSPS) is 15.6. The minimum atomic E-state index is 0.0964. The maximum Gasteiger partial charge on any atom is 0.175 e. The van der Waals surface area contributed by atoms with Crippen LogP contribution >= 0.6 is 12.2 Å². The van der Waals surface area contributed by atoms with Gasteiger partial charge in [-0.15, -0.1) is 0 Å². The van der Waals surface area contributed by atoms with E-state index < -0.39 is 0 Å². The lowest BCUT2D eigenvalue weighted by Crippen LogP contribution is -2.34. The molecule has 3 rings (SSSR count). The Morgan fingerprint density at radius 3 is 2.38 bits per heavy atom. The first-order valence-electron chi connectivity index (χ1n) is 8.95. The van der Waals surface area contributed by atoms with Crippen molar-refractivity contribution in [3.05, 3.63) is 59.7 Å². The molecule has 1 fully saturated rings. The van der Waals surface area contributed by atoms with Gasteiger partial charge in [0.15, 0.2) is 10.9 Å². The zero-order valence-electron chi connectivity index (χ0n) is 15.3. The molecule has 26 heavy (non-hydrogen) atoms. The minimum Gasteiger partial charge on any atom is -0.376 e. The third-order valence-electron chi connectivity index (χ3n) is 4.99. The number of Topliss-reactive ketones (excluding diaryl/α,β-unsaturated/α-hetero) is 1. The molecule has 0 radical (unpaired) electrons. The Bertz CT molecular complexity index is 795. The molecule has 0 amide bonds. The highest BCUT2D eigenvalue weighted by Gasteiger charge is 2.25. The molecular formula is C21H25N3OS. The van der Waals surface area contributed by atoms with E-state index in [1.165, 1.54) is 5.56 Å². The van der Waals surface area contributed by atoms with Crippen LogP contribution in [0.2, 0.25) is 0 Å². The zero-order valence-corrected chi connectivity index (χ0v) is 16.1. The average Bonchev–Trinajstić information content (AvgIpc) is 2.63. The Morgan fingerprint density at radius 1 is 1.12 bits per heavy atom. The van der Waals surface area contributed by atoms with Gasteiger partial charge in [-0.25, -0.2) is 0 Å². The highest BCUT2D eigenvalue weighted by molar-refractivity contribution is 7.80. The van der Waals surface area contributed by atoms with Gasteiger partial charge in [0, 0.05) is 22.9 Å². The van der Waals surface area contributed by atoms with Crippen LogP contribution in [0.4, 0.5) is 11.4 Å². The second-order valence-corrected chi connectivity index (χ2v) is 7.42. The molecule has 2 N–H and O–H groups in total. The second kappa shape index (κ2) is 7.98. The molecule has 0 spiro atoms. The number of carbonyl (C=O) groups is 1. The van der Waals surface area contributed by atoms with Crippen LogP contribution in [0, 0.1) is 12.8 Å². The Morgan fingerprint density at radius 2 is 1.77 bits per heavy atom. The van der Waals surface area contributed by atoms with Gasteiger partial charge in [-0.1, -0.05) is 29.8 Å². The van der Waals surface area contributed by atoms with Crippen molar-refractivity contribution in [1.82, 2.24) is 4.90 Å². The van der Waals surface area contributed by atoms with Crippen molar-refractivity contribution in [2.24, 2.45) is 11.7 Å². The maximum absolute atomic E-state index is 12.9. The van der Waals surface area contributed by atoms with Crippen molar-refractivity contribution >= 4 is 34.5 Å². The molecule has 0 unspecified atom stereocenters. The zero-order chi connectivity index (χ0) is 18.7. The number of piperidine rings is 1. The van der Waals surface area contributed by atoms with Crippen LogP contribution in [0.15, 0.2) is 48.5 Å². The van der Waals surface area contributed by atoms with E-state index in [4.69, 9.17) is 18.0 Å². The molecule has 1 saturated heterocycles. The van der Waals surface area contributed by atoms with Gasteiger partial charge in [-0.05, 0) is 76.4 Å². The summed E-state index contributed by atoms with van der Waals surface area (Å²) in [5.74, 6) is 0.311. The Kier molecular flexibility index (Phi) is 5.69. The van der Waals surface area contributed by atoms with E-state index in [1.54, 1.807) is 4.90 Å². The predicted molar refractivity (Wildman–Crippen MR) is 111 cm³/mol. The van der Waals surface area contributed by atoms with Crippen molar-refractivity contribution in [1.29, 1.82) is 0 Å². The van der Waals surface area contributed by atoms with Gasteiger partial charge < -0.3 is 10.6 Å². The van der Waals surface area contributed by atoms with Gasteiger partial charge in [0.05, 0.1) is 0 Å². The summed E-state index contributed by atoms with van der Waals surface area (Å²) in [4.78, 5) is 17.0. The van der Waals surface area contributed by atoms with Crippen LogP contribution < -0.4 is 10.6 Å². The third-order valence-corrected chi connectivity index (χ3v) is 5.17. The molecule has 0 saturated carbocycles. The maximum atomic E-state index is 12.9. The standard InChI is InChI=1S/C21H25N3OS/c1-15-6-8-18(9-7-15)24(21(22)26)19-5-3-4-17(14-19)20(25)16-10-12-23(2)13-11-16/h3-9,14,16H,10-13H2,1-2H3,(H2,22,26). The molecule has 1 aliphatic heterocycles. The number of thiocarbonyl (C=S) groups is 1. The number of anilines is 2. The van der Waals surface area contributed by atoms with E-state index in [9.17, 15) is 4.79 Å². The first-order chi connectivity index (χ1) is 12.5. The summed E-state index contributed by atoms with van der Waals surface area (Å²) in [5.41, 5.74) is 9.60. The predicted octanol–water partition coefficient (Wildman–Crippen LogP) is 3.90. The largest absolute Gasteiger partial charge is 0.376 e. The summed E-state index contributed by atoms with van der Waals surface area (Å²) in [6.07, 6.45) is 1.83. The van der Waals surface area contributed by atoms with E-state index in [0.29, 0.717) is 0 Å². The summed E-state index contributed by atoms with van der Waals surface area (Å²) >= 11 is 5.27. The van der Waals surface area contributed by atoms with E-state index in [-0.39, 0.29) is 16.8 Å². The van der Waals surface area contributed by atoms with Crippen LogP contribution in [0.3, 0.4) is 0 Å². The molecule has 136 valence electrons. The molecule has 2 aromatic carbocycles. The third kappa shape index (κ3) is 4.11. The lowest BCUT2D eigenvalue weighted by atomic mass is 9.89. The molecule has 0 aliphatic carbocycles. The van der Waals surface area contributed by atoms with Crippen molar-refractivity contribution in [2.45, 2.75) is 19.8 Å². The number of aryl methyl sites for hydroxylation is 1. The van der Waals surface area contributed by atoms with Crippen molar-refractivity contribution < 1.29 is 4.79 Å². The van der Waals surface area contributed by atoms with Gasteiger partial charge in [-0.2, -0.15) is 0 Å². The fourth-order valence-electron chi connectivity index (χ4n) is 3.40. The van der Waals surface area contributed by atoms with Crippen LogP contribution in [0.25, 0.3) is 0 Å². The number of benzene rings is 2. The quantitative estimate of drug-likeness (QED) is 0.656. The van der Waals surface area contributed by atoms with Crippen LogP contribution in [0.1, 0.15) is 28.8 Å². The first-order valence-corrected chi connectivity index (χ1v) is 9.35. The van der Waals surface area contributed by atoms with E-state index >= 15 is 0 Å². The number of rotatable bonds is 4. The van der Waals surface area contributed by atoms with Crippen molar-refractivity contribution in [2.75, 3.05) is 25.0 Å². The number of hydrogen-bond donors (Lipinski definition) is 1. The summed E-state index contributed by atoms with van der Waals surface area (Å²) < 4.78 is 0. The highest BCUT2D eigenvalue weighted by atomic mass is 32.1. The van der Waals surface area contributed by atoms with Gasteiger partial charge >= 0.3 is 0 Å². The van der Waals surface area contributed by atoms with Crippen molar-refractivity contribution in [3.8, 4) is 0 Å². The summed E-state index contributed by atoms with van der Waals surface area (Å²) in [6, 6.07) is 15.6. The summed E-state index contributed by atoms with van der Waals surface area (Å²) in [7, 11) is 2.10. The molecular weight excluding hydrogens is 342 g/mol. The SMILES string of the molecule is Cc1ccc(N(C(N)=S)c2cccc(C(=O)C3CCN(C)CC3)c2)cc1. The molecule has 5 heteroatoms. The van der Waals surface area contributed by atoms with Crippen LogP contribution in [0.5, 0.6) is 0 Å². The smallest absolute Gasteiger partial charge is 0.175 e. The second-order valence-electron chi connectivity index (χ2n) is 7.00. The number of likely N-dealkylation sites (tertiary alicyclic amines) is 1. The molecule has 1 heterocycles. The fraction of sp³-hybridized carbons (Fsp3) is 0.333. The number of carbonyl (C=O) groups excluding carboxylic acids is 1. The number of hydrogen-bond acceptors (Lipinski definition) is 3. The van der Waals surface area contributed by atoms with E-state index in [0.717, 1.165) is 42.9 Å². The molecule has 0 bridgehead atoms. The van der Waals surface area contributed by atoms with Crippen molar-refractivity contribution in [3.63, 3.8) is 0 Å². The van der Waals surface area contributed by atoms with Gasteiger partial charge in [0.2, 0.25) is 0 Å². The Balaban J connectivity index is 1.88. The molecule has 1 aliphatic rings. The molecule has 4 nitrogen and oxygen atoms in total. The van der Waals surface area contributed by atoms with Gasteiger partial charge in [-0.3, -0.25) is 9.69 Å². The summed E-state index contributed by atoms with van der Waals surface area (Å²) in [6.45, 7) is 3.98. The number of nitrogens with two attached hydrogens (primary N) is 1. The lowest BCUT2D eigenvalue weighted by molar-refractivity contribution is 0.0857. The molecule has 0 atom stereocenters. The Hall–Kier alpha value is -2.24. The Labute approximate surface area is 160 Å². The van der Waals surface area contributed by atoms with Gasteiger partial charge in [0.25, 0.3) is 0 Å². The number of ketones is 1. The average molecular weight is 368 g/mol. The highest BCUT2D eigenvalue weighted by Crippen LogP contribution is 2.28. The lowest BCUT2D eigenvalue weighted by Gasteiger charge is -2.28. The summed E-state index contributed by atoms with van der Waals surface area (Å²) in [5, 5.41) is 0.262. The van der Waals surface area contributed by atoms with Crippen LogP contribution in [-0.4, -0.2) is 35.9 Å². The van der Waals surface area contributed by atoms with E-state index in [2.05, 4.69) is 11.9 Å². The minimum absolute atomic E-state index is 0.0964. The number of nitrogens with zero attached hydrogens (tertiary/aromatic N) is 2. The topological polar surface area (TPSA) is 49.6 Å². The fourth-order valence-corrected chi connectivity index (χ4v) is 3.61. The first kappa shape index (κ1) is 18.5.